The van der Waals surface area contributed by atoms with E-state index in [0.29, 0.717) is 23.9 Å². The predicted molar refractivity (Wildman–Crippen MR) is 222 cm³/mol. The number of allylic oxidation sites excluding steroid dienone is 4. The minimum atomic E-state index is -4.62. The van der Waals surface area contributed by atoms with Crippen LogP contribution in [0.3, 0.4) is 0 Å². The van der Waals surface area contributed by atoms with Crippen LogP contribution < -0.4 is 4.89 Å². The number of esters is 2. The summed E-state index contributed by atoms with van der Waals surface area (Å²) in [7, 11) is 1.16. The highest BCUT2D eigenvalue weighted by molar-refractivity contribution is 7.45. The van der Waals surface area contributed by atoms with Crippen LogP contribution in [0.25, 0.3) is 0 Å². The molecule has 0 rings (SSSR count). The molecule has 0 saturated carbocycles. The Balaban J connectivity index is 4.37. The second-order valence-corrected chi connectivity index (χ2v) is 17.5. The van der Waals surface area contributed by atoms with E-state index in [0.717, 1.165) is 38.5 Å². The number of carbonyl (C=O) groups is 2. The molecule has 0 aliphatic carbocycles. The first-order valence-electron chi connectivity index (χ1n) is 22.0. The molecule has 0 spiro atoms. The summed E-state index contributed by atoms with van der Waals surface area (Å²) in [5, 5.41) is 0. The van der Waals surface area contributed by atoms with Gasteiger partial charge in [0.25, 0.3) is 7.82 Å². The number of unbranched alkanes of at least 4 members (excludes halogenated alkanes) is 22. The van der Waals surface area contributed by atoms with Gasteiger partial charge in [0, 0.05) is 12.8 Å². The van der Waals surface area contributed by atoms with Crippen molar-refractivity contribution in [1.82, 2.24) is 0 Å². The van der Waals surface area contributed by atoms with Crippen molar-refractivity contribution in [2.45, 2.75) is 200 Å². The maximum atomic E-state index is 12.7. The average Bonchev–Trinajstić information content (AvgIpc) is 3.12. The van der Waals surface area contributed by atoms with Crippen molar-refractivity contribution in [1.29, 1.82) is 0 Å². The molecule has 0 N–H and O–H groups in total. The number of nitrogens with zero attached hydrogens (tertiary/aromatic N) is 1. The normalized spacial score (nSPS) is 13.8. The lowest BCUT2D eigenvalue weighted by atomic mass is 10.1. The lowest BCUT2D eigenvalue weighted by molar-refractivity contribution is -0.870. The fourth-order valence-electron chi connectivity index (χ4n) is 5.92. The van der Waals surface area contributed by atoms with E-state index in [1.54, 1.807) is 0 Å². The molecule has 0 aromatic rings. The quantitative estimate of drug-likeness (QED) is 0.0198. The molecule has 54 heavy (non-hydrogen) atoms. The summed E-state index contributed by atoms with van der Waals surface area (Å²) in [6.45, 7) is 4.18. The summed E-state index contributed by atoms with van der Waals surface area (Å²) in [6, 6.07) is 0. The lowest BCUT2D eigenvalue weighted by Gasteiger charge is -2.28. The third-order valence-electron chi connectivity index (χ3n) is 9.44. The number of ether oxygens (including phenoxy) is 2. The van der Waals surface area contributed by atoms with Gasteiger partial charge >= 0.3 is 11.9 Å². The Kier molecular flexibility index (Phi) is 36.1. The number of hydrogen-bond donors (Lipinski definition) is 0. The Bertz CT molecular complexity index is 980. The van der Waals surface area contributed by atoms with E-state index in [1.165, 1.54) is 116 Å². The van der Waals surface area contributed by atoms with Crippen molar-refractivity contribution in [2.24, 2.45) is 0 Å². The maximum absolute atomic E-state index is 12.7. The number of phosphoric ester groups is 1. The Morgan fingerprint density at radius 3 is 1.46 bits per heavy atom. The zero-order valence-electron chi connectivity index (χ0n) is 35.7. The van der Waals surface area contributed by atoms with Crippen molar-refractivity contribution in [3.8, 4) is 0 Å². The smallest absolute Gasteiger partial charge is 0.306 e. The van der Waals surface area contributed by atoms with Crippen molar-refractivity contribution < 1.29 is 42.1 Å². The second-order valence-electron chi connectivity index (χ2n) is 16.1. The van der Waals surface area contributed by atoms with Crippen LogP contribution in [0.5, 0.6) is 0 Å². The first kappa shape index (κ1) is 52.5. The maximum Gasteiger partial charge on any atom is 0.306 e. The van der Waals surface area contributed by atoms with Crippen LogP contribution in [0.15, 0.2) is 24.3 Å². The van der Waals surface area contributed by atoms with Crippen molar-refractivity contribution in [3.05, 3.63) is 24.3 Å². The number of quaternary nitrogens is 1. The SMILES string of the molecule is CCCC/C=C/CCCCCCCCCCCC(=O)O[C@H](COC(=O)CCCC/C=C/CCCCCCCCCCC)COP(=O)([O-])OCC[N+](C)(C)C. The van der Waals surface area contributed by atoms with Gasteiger partial charge in [-0.05, 0) is 57.8 Å². The molecule has 0 aliphatic rings. The fraction of sp³-hybridized carbons (Fsp3) is 0.864. The summed E-state index contributed by atoms with van der Waals surface area (Å²) < 4.78 is 33.9. The monoisotopic (exact) mass is 786 g/mol. The molecule has 1 unspecified atom stereocenters. The van der Waals surface area contributed by atoms with Gasteiger partial charge in [-0.2, -0.15) is 0 Å². The molecule has 10 heteroatoms. The summed E-state index contributed by atoms with van der Waals surface area (Å²) in [5.74, 6) is -0.859. The Morgan fingerprint density at radius 1 is 0.556 bits per heavy atom. The zero-order chi connectivity index (χ0) is 40.0. The topological polar surface area (TPSA) is 111 Å². The molecule has 0 fully saturated rings. The molecule has 0 aromatic heterocycles. The minimum Gasteiger partial charge on any atom is -0.756 e. The molecule has 0 amide bonds. The van der Waals surface area contributed by atoms with Crippen molar-refractivity contribution in [3.63, 3.8) is 0 Å². The van der Waals surface area contributed by atoms with Gasteiger partial charge in [0.05, 0.1) is 27.7 Å². The first-order chi connectivity index (χ1) is 26.0. The standard InChI is InChI=1S/C44H84NO8P/c1-6-8-10-12-14-16-18-20-22-24-26-28-30-32-34-36-43(46)50-40-42(41-52-54(48,49)51-39-38-45(3,4)5)53-44(47)37-35-33-31-29-27-25-23-21-19-17-15-13-11-9-7-2/h13,15,26,28,42H,6-12,14,16-25,27,29-41H2,1-5H3/b15-13+,28-26+/t42-/m1/s1. The van der Waals surface area contributed by atoms with Gasteiger partial charge in [-0.1, -0.05) is 147 Å². The van der Waals surface area contributed by atoms with Crippen LogP contribution in [0.2, 0.25) is 0 Å². The average molecular weight is 786 g/mol. The molecule has 318 valence electrons. The Hall–Kier alpha value is -1.51. The minimum absolute atomic E-state index is 0.0328. The van der Waals surface area contributed by atoms with E-state index in [9.17, 15) is 19.0 Å². The van der Waals surface area contributed by atoms with Crippen LogP contribution in [0, 0.1) is 0 Å². The van der Waals surface area contributed by atoms with E-state index in [2.05, 4.69) is 38.2 Å². The highest BCUT2D eigenvalue weighted by atomic mass is 31.2. The molecule has 9 nitrogen and oxygen atoms in total. The molecule has 0 heterocycles. The van der Waals surface area contributed by atoms with E-state index in [-0.39, 0.29) is 26.1 Å². The third-order valence-corrected chi connectivity index (χ3v) is 10.4. The largest absolute Gasteiger partial charge is 0.756 e. The van der Waals surface area contributed by atoms with Crippen LogP contribution in [-0.4, -0.2) is 70.0 Å². The predicted octanol–water partition coefficient (Wildman–Crippen LogP) is 11.7. The highest BCUT2D eigenvalue weighted by Gasteiger charge is 2.21. The van der Waals surface area contributed by atoms with E-state index < -0.39 is 32.5 Å². The summed E-state index contributed by atoms with van der Waals surface area (Å²) in [4.78, 5) is 37.5. The third kappa shape index (κ3) is 40.2. The van der Waals surface area contributed by atoms with Crippen LogP contribution in [0.1, 0.15) is 194 Å². The number of hydrogen-bond acceptors (Lipinski definition) is 8. The summed E-state index contributed by atoms with van der Waals surface area (Å²) in [6.07, 6.45) is 39.1. The molecule has 0 aliphatic heterocycles. The molecule has 0 radical (unpaired) electrons. The van der Waals surface area contributed by atoms with Gasteiger partial charge < -0.3 is 27.9 Å². The zero-order valence-corrected chi connectivity index (χ0v) is 36.6. The molecule has 0 aromatic carbocycles. The summed E-state index contributed by atoms with van der Waals surface area (Å²) >= 11 is 0. The van der Waals surface area contributed by atoms with Crippen molar-refractivity contribution in [2.75, 3.05) is 47.5 Å². The van der Waals surface area contributed by atoms with Crippen LogP contribution in [-0.2, 0) is 32.7 Å². The molecule has 0 saturated heterocycles. The molecular formula is C44H84NO8P. The molecule has 2 atom stereocenters. The molecular weight excluding hydrogens is 701 g/mol. The van der Waals surface area contributed by atoms with Gasteiger partial charge in [-0.25, -0.2) is 0 Å². The van der Waals surface area contributed by atoms with Crippen LogP contribution >= 0.6 is 7.82 Å². The number of rotatable bonds is 40. The van der Waals surface area contributed by atoms with E-state index in [1.807, 2.05) is 21.1 Å². The Labute approximate surface area is 332 Å². The van der Waals surface area contributed by atoms with Gasteiger partial charge in [-0.15, -0.1) is 0 Å². The lowest BCUT2D eigenvalue weighted by Crippen LogP contribution is -2.37. The van der Waals surface area contributed by atoms with Gasteiger partial charge in [0.2, 0.25) is 0 Å². The summed E-state index contributed by atoms with van der Waals surface area (Å²) in [5.41, 5.74) is 0. The van der Waals surface area contributed by atoms with Gasteiger partial charge in [0.1, 0.15) is 19.8 Å². The second kappa shape index (κ2) is 37.1. The van der Waals surface area contributed by atoms with Crippen molar-refractivity contribution >= 4 is 19.8 Å². The first-order valence-corrected chi connectivity index (χ1v) is 23.5. The number of likely N-dealkylation sites (N-methyl/N-ethyl adjacent to an activating group) is 1. The number of carbonyl (C=O) groups excluding carboxylic acids is 2. The van der Waals surface area contributed by atoms with E-state index in [4.69, 9.17) is 18.5 Å². The Morgan fingerprint density at radius 2 is 0.963 bits per heavy atom. The van der Waals surface area contributed by atoms with E-state index >= 15 is 0 Å². The number of phosphoric acid groups is 1. The fourth-order valence-corrected chi connectivity index (χ4v) is 6.65. The van der Waals surface area contributed by atoms with Gasteiger partial charge in [-0.3, -0.25) is 14.2 Å². The van der Waals surface area contributed by atoms with Crippen LogP contribution in [0.4, 0.5) is 0 Å². The molecule has 0 bridgehead atoms. The highest BCUT2D eigenvalue weighted by Crippen LogP contribution is 2.38. The van der Waals surface area contributed by atoms with Gasteiger partial charge in [0.15, 0.2) is 6.10 Å².